The molecule has 2 heterocycles. The lowest BCUT2D eigenvalue weighted by molar-refractivity contribution is 0.103. The van der Waals surface area contributed by atoms with Gasteiger partial charge in [0.05, 0.1) is 4.88 Å². The van der Waals surface area contributed by atoms with Crippen LogP contribution in [0.5, 0.6) is 0 Å². The van der Waals surface area contributed by atoms with Crippen LogP contribution in [0.1, 0.15) is 31.2 Å². The lowest BCUT2D eigenvalue weighted by Crippen LogP contribution is -2.10. The molecule has 1 N–H and O–H groups in total. The fourth-order valence-electron chi connectivity index (χ4n) is 2.15. The molecule has 0 unspecified atom stereocenters. The summed E-state index contributed by atoms with van der Waals surface area (Å²) >= 11 is 2.82. The first kappa shape index (κ1) is 15.8. The summed E-state index contributed by atoms with van der Waals surface area (Å²) in [5.41, 5.74) is 2.49. The molecule has 1 aromatic carbocycles. The zero-order valence-electron chi connectivity index (χ0n) is 12.7. The summed E-state index contributed by atoms with van der Waals surface area (Å²) in [4.78, 5) is 18.1. The minimum absolute atomic E-state index is 0.139. The highest BCUT2D eigenvalue weighted by molar-refractivity contribution is 7.16. The number of nitrogens with zero attached hydrogens (tertiary/aromatic N) is 1. The van der Waals surface area contributed by atoms with Gasteiger partial charge < -0.3 is 0 Å². The number of hydrogen-bond donors (Lipinski definition) is 1. The van der Waals surface area contributed by atoms with Crippen molar-refractivity contribution in [2.24, 2.45) is 0 Å². The van der Waals surface area contributed by atoms with Gasteiger partial charge in [-0.2, -0.15) is 0 Å². The van der Waals surface area contributed by atoms with Crippen molar-refractivity contribution in [2.45, 2.75) is 20.3 Å². The van der Waals surface area contributed by atoms with Gasteiger partial charge in [0.2, 0.25) is 0 Å². The van der Waals surface area contributed by atoms with Crippen LogP contribution in [0.25, 0.3) is 0 Å². The number of carbonyl (C=O) groups is 1. The van der Waals surface area contributed by atoms with Crippen LogP contribution < -0.4 is 5.32 Å². The van der Waals surface area contributed by atoms with Gasteiger partial charge in [-0.15, -0.1) is 22.7 Å². The molecule has 2 aromatic heterocycles. The Bertz CT molecular complexity index is 854. The summed E-state index contributed by atoms with van der Waals surface area (Å²) in [5.74, 6) is -0.339. The third-order valence-corrected chi connectivity index (χ3v) is 5.38. The molecule has 3 rings (SSSR count). The molecular weight excluding hydrogens is 331 g/mol. The molecule has 1 amide bonds. The van der Waals surface area contributed by atoms with E-state index in [0.717, 1.165) is 16.0 Å². The molecule has 0 saturated carbocycles. The van der Waals surface area contributed by atoms with Crippen molar-refractivity contribution in [3.05, 3.63) is 68.1 Å². The summed E-state index contributed by atoms with van der Waals surface area (Å²) in [7, 11) is 0. The minimum Gasteiger partial charge on any atom is -0.297 e. The quantitative estimate of drug-likeness (QED) is 0.737. The van der Waals surface area contributed by atoms with Crippen molar-refractivity contribution < 1.29 is 9.18 Å². The van der Waals surface area contributed by atoms with Crippen molar-refractivity contribution in [1.29, 1.82) is 0 Å². The molecule has 0 fully saturated rings. The number of rotatable bonds is 4. The van der Waals surface area contributed by atoms with Crippen molar-refractivity contribution in [2.75, 3.05) is 5.32 Å². The number of benzene rings is 1. The van der Waals surface area contributed by atoms with E-state index < -0.39 is 0 Å². The highest BCUT2D eigenvalue weighted by Gasteiger charge is 2.13. The van der Waals surface area contributed by atoms with Crippen molar-refractivity contribution >= 4 is 33.7 Å². The van der Waals surface area contributed by atoms with Crippen LogP contribution >= 0.6 is 22.7 Å². The second-order valence-electron chi connectivity index (χ2n) is 5.28. The van der Waals surface area contributed by atoms with Crippen LogP contribution in [0.15, 0.2) is 35.8 Å². The average molecular weight is 346 g/mol. The molecule has 0 aliphatic rings. The zero-order valence-corrected chi connectivity index (χ0v) is 14.4. The fraction of sp³-hybridized carbons (Fsp3) is 0.176. The van der Waals surface area contributed by atoms with E-state index in [-0.39, 0.29) is 11.7 Å². The smallest absolute Gasteiger partial charge is 0.267 e. The van der Waals surface area contributed by atoms with Gasteiger partial charge in [0, 0.05) is 17.5 Å². The Morgan fingerprint density at radius 1 is 1.26 bits per heavy atom. The Hall–Kier alpha value is -2.05. The zero-order chi connectivity index (χ0) is 16.4. The largest absolute Gasteiger partial charge is 0.297 e. The van der Waals surface area contributed by atoms with Gasteiger partial charge in [-0.1, -0.05) is 12.1 Å². The van der Waals surface area contributed by atoms with E-state index in [0.29, 0.717) is 22.0 Å². The highest BCUT2D eigenvalue weighted by Crippen LogP contribution is 2.24. The summed E-state index contributed by atoms with van der Waals surface area (Å²) in [5, 5.41) is 5.27. The molecule has 23 heavy (non-hydrogen) atoms. The Labute approximate surface area is 141 Å². The molecular formula is C17H15FN2OS2. The molecule has 6 heteroatoms. The molecule has 0 aliphatic heterocycles. The van der Waals surface area contributed by atoms with E-state index in [1.54, 1.807) is 25.3 Å². The molecule has 0 aliphatic carbocycles. The molecule has 0 spiro atoms. The maximum Gasteiger partial charge on any atom is 0.267 e. The van der Waals surface area contributed by atoms with Gasteiger partial charge >= 0.3 is 0 Å². The third kappa shape index (κ3) is 3.65. The monoisotopic (exact) mass is 346 g/mol. The minimum atomic E-state index is -0.200. The first-order valence-electron chi connectivity index (χ1n) is 7.08. The number of carbonyl (C=O) groups excluding carboxylic acids is 1. The Kier molecular flexibility index (Phi) is 4.54. The lowest BCUT2D eigenvalue weighted by atomic mass is 10.1. The second kappa shape index (κ2) is 6.60. The molecule has 0 atom stereocenters. The number of anilines is 1. The van der Waals surface area contributed by atoms with Crippen molar-refractivity contribution in [1.82, 2.24) is 4.98 Å². The lowest BCUT2D eigenvalue weighted by Gasteiger charge is -2.01. The van der Waals surface area contributed by atoms with Crippen LogP contribution in [-0.4, -0.2) is 10.9 Å². The van der Waals surface area contributed by atoms with Gasteiger partial charge in [-0.05, 0) is 48.1 Å². The Morgan fingerprint density at radius 2 is 2.09 bits per heavy atom. The number of aryl methyl sites for hydroxylation is 2. The second-order valence-corrected chi connectivity index (χ2v) is 7.31. The van der Waals surface area contributed by atoms with E-state index in [1.807, 2.05) is 24.4 Å². The van der Waals surface area contributed by atoms with Crippen LogP contribution in [0.4, 0.5) is 9.52 Å². The average Bonchev–Trinajstić information content (AvgIpc) is 3.12. The molecule has 0 radical (unpaired) electrons. The Morgan fingerprint density at radius 3 is 2.78 bits per heavy atom. The van der Waals surface area contributed by atoms with Crippen molar-refractivity contribution in [3.8, 4) is 0 Å². The van der Waals surface area contributed by atoms with Crippen LogP contribution in [0.2, 0.25) is 0 Å². The maximum absolute atomic E-state index is 13.6. The van der Waals surface area contributed by atoms with E-state index in [1.165, 1.54) is 22.7 Å². The first-order chi connectivity index (χ1) is 11.0. The number of thiophene rings is 1. The van der Waals surface area contributed by atoms with Crippen LogP contribution in [0.3, 0.4) is 0 Å². The summed E-state index contributed by atoms with van der Waals surface area (Å²) in [6, 6.07) is 7.14. The number of halogens is 1. The van der Waals surface area contributed by atoms with Crippen LogP contribution in [-0.2, 0) is 6.42 Å². The summed E-state index contributed by atoms with van der Waals surface area (Å²) in [6.45, 7) is 3.65. The van der Waals surface area contributed by atoms with Gasteiger partial charge in [0.25, 0.3) is 5.91 Å². The molecule has 0 saturated heterocycles. The summed E-state index contributed by atoms with van der Waals surface area (Å²) < 4.78 is 13.6. The van der Waals surface area contributed by atoms with Gasteiger partial charge in [0.15, 0.2) is 5.13 Å². The standard InChI is InChI=1S/C17H15FN2OS2/c1-10-3-4-12(8-14(10)18)7-13-9-19-17(23-13)20-16(21)15-11(2)5-6-22-15/h3-6,8-9H,7H2,1-2H3,(H,19,20,21). The number of amides is 1. The van der Waals surface area contributed by atoms with Crippen molar-refractivity contribution in [3.63, 3.8) is 0 Å². The SMILES string of the molecule is Cc1ccc(Cc2cnc(NC(=O)c3sccc3C)s2)cc1F. The summed E-state index contributed by atoms with van der Waals surface area (Å²) in [6.07, 6.45) is 2.32. The number of hydrogen-bond acceptors (Lipinski definition) is 4. The van der Waals surface area contributed by atoms with Gasteiger partial charge in [0.1, 0.15) is 5.82 Å². The normalized spacial score (nSPS) is 10.7. The molecule has 118 valence electrons. The van der Waals surface area contributed by atoms with E-state index in [2.05, 4.69) is 10.3 Å². The first-order valence-corrected chi connectivity index (χ1v) is 8.77. The molecule has 3 nitrogen and oxygen atoms in total. The topological polar surface area (TPSA) is 42.0 Å². The van der Waals surface area contributed by atoms with Crippen LogP contribution in [0, 0.1) is 19.7 Å². The Balaban J connectivity index is 1.69. The van der Waals surface area contributed by atoms with Gasteiger partial charge in [-0.3, -0.25) is 10.1 Å². The maximum atomic E-state index is 13.6. The fourth-order valence-corrected chi connectivity index (χ4v) is 3.82. The third-order valence-electron chi connectivity index (χ3n) is 3.46. The molecule has 3 aromatic rings. The number of thiazole rings is 1. The molecule has 0 bridgehead atoms. The van der Waals surface area contributed by atoms with Gasteiger partial charge in [-0.25, -0.2) is 9.37 Å². The highest BCUT2D eigenvalue weighted by atomic mass is 32.1. The van der Waals surface area contributed by atoms with E-state index in [4.69, 9.17) is 0 Å². The predicted molar refractivity (Wildman–Crippen MR) is 93.1 cm³/mol. The van der Waals surface area contributed by atoms with E-state index >= 15 is 0 Å². The van der Waals surface area contributed by atoms with E-state index in [9.17, 15) is 9.18 Å². The number of nitrogens with one attached hydrogen (secondary N) is 1. The predicted octanol–water partition coefficient (Wildman–Crippen LogP) is 4.80. The number of aromatic nitrogens is 1.